The first-order chi connectivity index (χ1) is 5.34. The molecule has 2 aliphatic rings. The SMILES string of the molecule is Cc1ccc2c(c1)NC1=C[C@@H]12. The van der Waals surface area contributed by atoms with Crippen LogP contribution in [0, 0.1) is 6.92 Å². The molecule has 0 radical (unpaired) electrons. The molecule has 0 spiro atoms. The first-order valence-electron chi connectivity index (χ1n) is 3.94. The molecule has 0 amide bonds. The molecule has 1 aromatic carbocycles. The molecule has 0 bridgehead atoms. The van der Waals surface area contributed by atoms with Crippen LogP contribution in [0.2, 0.25) is 0 Å². The van der Waals surface area contributed by atoms with E-state index in [1.807, 2.05) is 0 Å². The Morgan fingerprint density at radius 1 is 1.36 bits per heavy atom. The predicted octanol–water partition coefficient (Wildman–Crippen LogP) is 2.40. The van der Waals surface area contributed by atoms with E-state index in [9.17, 15) is 0 Å². The van der Waals surface area contributed by atoms with Gasteiger partial charge < -0.3 is 5.32 Å². The van der Waals surface area contributed by atoms with Gasteiger partial charge in [-0.2, -0.15) is 0 Å². The van der Waals surface area contributed by atoms with Gasteiger partial charge in [-0.25, -0.2) is 0 Å². The molecule has 1 nitrogen and oxygen atoms in total. The maximum atomic E-state index is 3.37. The fourth-order valence-corrected chi connectivity index (χ4v) is 1.71. The molecule has 54 valence electrons. The van der Waals surface area contributed by atoms with Crippen molar-refractivity contribution in [3.63, 3.8) is 0 Å². The van der Waals surface area contributed by atoms with E-state index in [2.05, 4.69) is 36.5 Å². The highest BCUT2D eigenvalue weighted by Gasteiger charge is 2.34. The van der Waals surface area contributed by atoms with Crippen molar-refractivity contribution < 1.29 is 0 Å². The lowest BCUT2D eigenvalue weighted by molar-refractivity contribution is 1.25. The average Bonchev–Trinajstić information content (AvgIpc) is 2.63. The largest absolute Gasteiger partial charge is 0.358 e. The second-order valence-electron chi connectivity index (χ2n) is 3.32. The number of anilines is 1. The summed E-state index contributed by atoms with van der Waals surface area (Å²) in [6.07, 6.45) is 2.26. The molecule has 0 saturated heterocycles. The number of nitrogens with one attached hydrogen (secondary N) is 1. The van der Waals surface area contributed by atoms with E-state index in [1.54, 1.807) is 0 Å². The molecular weight excluding hydrogens is 134 g/mol. The summed E-state index contributed by atoms with van der Waals surface area (Å²) in [7, 11) is 0. The first-order valence-corrected chi connectivity index (χ1v) is 3.94. The van der Waals surface area contributed by atoms with Crippen LogP contribution < -0.4 is 5.32 Å². The Balaban J connectivity index is 2.21. The van der Waals surface area contributed by atoms with Crippen molar-refractivity contribution in [2.75, 3.05) is 5.32 Å². The van der Waals surface area contributed by atoms with Crippen LogP contribution in [0.5, 0.6) is 0 Å². The van der Waals surface area contributed by atoms with Crippen LogP contribution in [0.15, 0.2) is 30.0 Å². The minimum Gasteiger partial charge on any atom is -0.358 e. The first kappa shape index (κ1) is 5.42. The number of aryl methyl sites for hydroxylation is 1. The van der Waals surface area contributed by atoms with Crippen molar-refractivity contribution in [1.82, 2.24) is 0 Å². The molecule has 0 unspecified atom stereocenters. The second-order valence-corrected chi connectivity index (χ2v) is 3.32. The number of rotatable bonds is 0. The minimum absolute atomic E-state index is 0.644. The van der Waals surface area contributed by atoms with E-state index < -0.39 is 0 Å². The van der Waals surface area contributed by atoms with Crippen molar-refractivity contribution >= 4 is 5.69 Å². The van der Waals surface area contributed by atoms with Crippen LogP contribution in [0.4, 0.5) is 5.69 Å². The topological polar surface area (TPSA) is 12.0 Å². The lowest BCUT2D eigenvalue weighted by Gasteiger charge is -2.01. The molecule has 1 heterocycles. The average molecular weight is 143 g/mol. The molecular formula is C10H9N. The van der Waals surface area contributed by atoms with Gasteiger partial charge >= 0.3 is 0 Å². The Morgan fingerprint density at radius 3 is 3.18 bits per heavy atom. The third-order valence-electron chi connectivity index (χ3n) is 2.40. The van der Waals surface area contributed by atoms with Gasteiger partial charge in [-0.05, 0) is 24.1 Å². The monoisotopic (exact) mass is 143 g/mol. The third kappa shape index (κ3) is 0.603. The van der Waals surface area contributed by atoms with Crippen molar-refractivity contribution in [2.45, 2.75) is 12.8 Å². The molecule has 11 heavy (non-hydrogen) atoms. The number of allylic oxidation sites excluding steroid dienone is 2. The molecule has 1 aliphatic carbocycles. The van der Waals surface area contributed by atoms with Crippen molar-refractivity contribution in [3.8, 4) is 0 Å². The zero-order valence-electron chi connectivity index (χ0n) is 6.39. The van der Waals surface area contributed by atoms with E-state index >= 15 is 0 Å². The van der Waals surface area contributed by atoms with Crippen molar-refractivity contribution in [2.24, 2.45) is 0 Å². The fraction of sp³-hybridized carbons (Fsp3) is 0.200. The van der Waals surface area contributed by atoms with E-state index in [1.165, 1.54) is 22.5 Å². The maximum Gasteiger partial charge on any atom is 0.0458 e. The van der Waals surface area contributed by atoms with Crippen LogP contribution in [-0.2, 0) is 0 Å². The summed E-state index contributed by atoms with van der Waals surface area (Å²) in [5.74, 6) is 0.644. The Hall–Kier alpha value is -1.24. The van der Waals surface area contributed by atoms with E-state index in [0.717, 1.165) is 0 Å². The van der Waals surface area contributed by atoms with E-state index in [-0.39, 0.29) is 0 Å². The zero-order valence-corrected chi connectivity index (χ0v) is 6.39. The number of hydrogen-bond acceptors (Lipinski definition) is 1. The smallest absolute Gasteiger partial charge is 0.0458 e. The van der Waals surface area contributed by atoms with Gasteiger partial charge in [0.25, 0.3) is 0 Å². The lowest BCUT2D eigenvalue weighted by Crippen LogP contribution is -1.85. The molecule has 1 atom stereocenters. The van der Waals surface area contributed by atoms with Gasteiger partial charge in [-0.3, -0.25) is 0 Å². The van der Waals surface area contributed by atoms with Crippen molar-refractivity contribution in [1.29, 1.82) is 0 Å². The molecule has 0 saturated carbocycles. The lowest BCUT2D eigenvalue weighted by atomic mass is 10.1. The highest BCUT2D eigenvalue weighted by Crippen LogP contribution is 2.49. The summed E-state index contributed by atoms with van der Waals surface area (Å²) in [6, 6.07) is 6.61. The molecule has 0 aromatic heterocycles. The van der Waals surface area contributed by atoms with Gasteiger partial charge in [0.2, 0.25) is 0 Å². The normalized spacial score (nSPS) is 23.4. The van der Waals surface area contributed by atoms with Crippen LogP contribution in [0.1, 0.15) is 17.0 Å². The van der Waals surface area contributed by atoms with Gasteiger partial charge in [0.05, 0.1) is 0 Å². The molecule has 1 N–H and O–H groups in total. The molecule has 1 aromatic rings. The summed E-state index contributed by atoms with van der Waals surface area (Å²) < 4.78 is 0. The van der Waals surface area contributed by atoms with Gasteiger partial charge in [0, 0.05) is 17.3 Å². The van der Waals surface area contributed by atoms with E-state index in [0.29, 0.717) is 5.92 Å². The quantitative estimate of drug-likeness (QED) is 0.588. The van der Waals surface area contributed by atoms with Crippen molar-refractivity contribution in [3.05, 3.63) is 41.1 Å². The summed E-state index contributed by atoms with van der Waals surface area (Å²) in [5, 5.41) is 3.37. The van der Waals surface area contributed by atoms with Gasteiger partial charge in [-0.15, -0.1) is 0 Å². The zero-order chi connectivity index (χ0) is 7.42. The molecule has 1 aliphatic heterocycles. The summed E-state index contributed by atoms with van der Waals surface area (Å²) in [5.41, 5.74) is 5.49. The van der Waals surface area contributed by atoms with Crippen LogP contribution in [-0.4, -0.2) is 0 Å². The van der Waals surface area contributed by atoms with E-state index in [4.69, 9.17) is 0 Å². The summed E-state index contributed by atoms with van der Waals surface area (Å²) >= 11 is 0. The summed E-state index contributed by atoms with van der Waals surface area (Å²) in [6.45, 7) is 2.13. The van der Waals surface area contributed by atoms with Gasteiger partial charge in [0.1, 0.15) is 0 Å². The van der Waals surface area contributed by atoms with Gasteiger partial charge in [-0.1, -0.05) is 18.2 Å². The standard InChI is InChI=1S/C10H9N/c1-6-2-3-7-8-5-10(8)11-9(7)4-6/h2-5,8,11H,1H3/t8-/m1/s1. The van der Waals surface area contributed by atoms with Gasteiger partial charge in [0.15, 0.2) is 0 Å². The minimum atomic E-state index is 0.644. The highest BCUT2D eigenvalue weighted by atomic mass is 15.0. The Labute approximate surface area is 65.7 Å². The Morgan fingerprint density at radius 2 is 2.27 bits per heavy atom. The molecule has 1 heteroatoms. The van der Waals surface area contributed by atoms with Crippen LogP contribution in [0.3, 0.4) is 0 Å². The summed E-state index contributed by atoms with van der Waals surface area (Å²) in [4.78, 5) is 0. The second kappa shape index (κ2) is 1.50. The van der Waals surface area contributed by atoms with Crippen LogP contribution in [0.25, 0.3) is 0 Å². The number of fused-ring (bicyclic) bond motifs is 3. The van der Waals surface area contributed by atoms with Crippen LogP contribution >= 0.6 is 0 Å². The Kier molecular flexibility index (Phi) is 0.738. The highest BCUT2D eigenvalue weighted by molar-refractivity contribution is 5.73. The fourth-order valence-electron chi connectivity index (χ4n) is 1.71. The molecule has 0 fully saturated rings. The molecule has 3 rings (SSSR count). The number of benzene rings is 1. The third-order valence-corrected chi connectivity index (χ3v) is 2.40. The number of hydrogen-bond donors (Lipinski definition) is 1. The predicted molar refractivity (Wildman–Crippen MR) is 45.6 cm³/mol. The Bertz CT molecular complexity index is 363. The maximum absolute atomic E-state index is 3.37.